The van der Waals surface area contributed by atoms with E-state index in [0.29, 0.717) is 24.2 Å². The van der Waals surface area contributed by atoms with Crippen LogP contribution in [-0.2, 0) is 0 Å². The summed E-state index contributed by atoms with van der Waals surface area (Å²) in [5, 5.41) is 14.0. The number of allylic oxidation sites excluding steroid dienone is 2. The summed E-state index contributed by atoms with van der Waals surface area (Å²) in [5.74, 6) is 1.31. The Bertz CT molecular complexity index is 1190. The lowest BCUT2D eigenvalue weighted by atomic mass is 9.77. The molecule has 0 amide bonds. The van der Waals surface area contributed by atoms with Crippen molar-refractivity contribution in [1.82, 2.24) is 0 Å². The average molecular weight is 445 g/mol. The van der Waals surface area contributed by atoms with E-state index in [9.17, 15) is 5.11 Å². The fourth-order valence-corrected chi connectivity index (χ4v) is 4.94. The summed E-state index contributed by atoms with van der Waals surface area (Å²) in [6, 6.07) is 20.7. The lowest BCUT2D eigenvalue weighted by molar-refractivity contribution is 0.318. The normalized spacial score (nSPS) is 21.2. The zero-order chi connectivity index (χ0) is 22.1. The minimum atomic E-state index is -0.0451. The van der Waals surface area contributed by atoms with E-state index >= 15 is 0 Å². The van der Waals surface area contributed by atoms with Gasteiger partial charge in [-0.05, 0) is 66.3 Å². The molecule has 0 fully saturated rings. The molecule has 4 nitrogen and oxygen atoms in total. The predicted molar refractivity (Wildman–Crippen MR) is 131 cm³/mol. The van der Waals surface area contributed by atoms with Gasteiger partial charge in [0, 0.05) is 17.8 Å². The summed E-state index contributed by atoms with van der Waals surface area (Å²) in [4.78, 5) is 4.58. The van der Waals surface area contributed by atoms with E-state index < -0.39 is 0 Å². The second kappa shape index (κ2) is 8.71. The van der Waals surface area contributed by atoms with Gasteiger partial charge < -0.3 is 15.2 Å². The lowest BCUT2D eigenvalue weighted by Crippen LogP contribution is -2.28. The maximum absolute atomic E-state index is 10.0. The molecule has 5 rings (SSSR count). The van der Waals surface area contributed by atoms with Crippen molar-refractivity contribution in [3.63, 3.8) is 0 Å². The number of ether oxygens (including phenoxy) is 1. The number of rotatable bonds is 5. The molecule has 1 aliphatic carbocycles. The van der Waals surface area contributed by atoms with Crippen molar-refractivity contribution in [2.45, 2.75) is 25.3 Å². The van der Waals surface area contributed by atoms with Gasteiger partial charge in [-0.15, -0.1) is 0 Å². The largest absolute Gasteiger partial charge is 0.503 e. The molecule has 0 saturated heterocycles. The van der Waals surface area contributed by atoms with Crippen LogP contribution < -0.4 is 10.1 Å². The second-order valence-electron chi connectivity index (χ2n) is 8.19. The molecular formula is C27H25ClN2O2. The van der Waals surface area contributed by atoms with E-state index in [4.69, 9.17) is 16.3 Å². The van der Waals surface area contributed by atoms with Crippen molar-refractivity contribution in [2.24, 2.45) is 10.9 Å². The Labute approximate surface area is 193 Å². The Kier molecular flexibility index (Phi) is 5.62. The molecule has 0 spiro atoms. The van der Waals surface area contributed by atoms with Gasteiger partial charge in [-0.25, -0.2) is 0 Å². The van der Waals surface area contributed by atoms with E-state index in [1.165, 1.54) is 16.8 Å². The maximum Gasteiger partial charge on any atom is 0.176 e. The third-order valence-electron chi connectivity index (χ3n) is 6.24. The van der Waals surface area contributed by atoms with E-state index in [1.54, 1.807) is 18.3 Å². The first-order chi connectivity index (χ1) is 15.6. The molecule has 2 N–H and O–H groups in total. The van der Waals surface area contributed by atoms with Gasteiger partial charge in [0.1, 0.15) is 0 Å². The zero-order valence-electron chi connectivity index (χ0n) is 17.8. The maximum atomic E-state index is 10.0. The monoisotopic (exact) mass is 444 g/mol. The quantitative estimate of drug-likeness (QED) is 0.328. The summed E-state index contributed by atoms with van der Waals surface area (Å²) in [6.45, 7) is 2.31. The van der Waals surface area contributed by atoms with Crippen molar-refractivity contribution in [2.75, 3.05) is 11.9 Å². The van der Waals surface area contributed by atoms with Crippen LogP contribution in [0.3, 0.4) is 0 Å². The molecule has 0 saturated carbocycles. The van der Waals surface area contributed by atoms with Crippen LogP contribution in [0.1, 0.15) is 42.0 Å². The third kappa shape index (κ3) is 3.87. The molecule has 0 radical (unpaired) electrons. The number of aromatic hydroxyl groups is 1. The van der Waals surface area contributed by atoms with E-state index in [1.807, 2.05) is 19.1 Å². The lowest BCUT2D eigenvalue weighted by Gasteiger charge is -2.37. The minimum absolute atomic E-state index is 0.0451. The Hall–Kier alpha value is -3.24. The van der Waals surface area contributed by atoms with Crippen LogP contribution in [0.25, 0.3) is 0 Å². The molecule has 3 aromatic carbocycles. The molecular weight excluding hydrogens is 420 g/mol. The highest BCUT2D eigenvalue weighted by molar-refractivity contribution is 6.32. The van der Waals surface area contributed by atoms with Crippen LogP contribution in [-0.4, -0.2) is 17.9 Å². The molecule has 0 unspecified atom stereocenters. The number of benzene rings is 3. The first-order valence-corrected chi connectivity index (χ1v) is 11.3. The molecule has 32 heavy (non-hydrogen) atoms. The number of hydrogen-bond donors (Lipinski definition) is 2. The van der Waals surface area contributed by atoms with E-state index in [-0.39, 0.29) is 16.8 Å². The fourth-order valence-electron chi connectivity index (χ4n) is 4.72. The summed E-state index contributed by atoms with van der Waals surface area (Å²) in [6.07, 6.45) is 7.48. The number of nitrogens with zero attached hydrogens (tertiary/aromatic N) is 1. The molecule has 1 aliphatic heterocycles. The molecule has 3 atom stereocenters. The van der Waals surface area contributed by atoms with Crippen LogP contribution in [0.5, 0.6) is 11.5 Å². The summed E-state index contributed by atoms with van der Waals surface area (Å²) >= 11 is 6.12. The number of hydrogen-bond acceptors (Lipinski definition) is 4. The number of phenolic OH excluding ortho intramolecular Hbond substituents is 1. The molecule has 3 aromatic rings. The number of aliphatic imine (C=N–C) groups is 1. The van der Waals surface area contributed by atoms with Crippen molar-refractivity contribution in [3.8, 4) is 11.5 Å². The van der Waals surface area contributed by atoms with Crippen LogP contribution >= 0.6 is 11.6 Å². The molecule has 1 heterocycles. The van der Waals surface area contributed by atoms with Crippen molar-refractivity contribution in [3.05, 3.63) is 94.5 Å². The summed E-state index contributed by atoms with van der Waals surface area (Å²) in [7, 11) is 0. The average Bonchev–Trinajstić information content (AvgIpc) is 3.31. The van der Waals surface area contributed by atoms with Gasteiger partial charge in [-0.1, -0.05) is 54.1 Å². The minimum Gasteiger partial charge on any atom is -0.503 e. The summed E-state index contributed by atoms with van der Waals surface area (Å²) < 4.78 is 5.44. The Morgan fingerprint density at radius 2 is 1.97 bits per heavy atom. The van der Waals surface area contributed by atoms with Gasteiger partial charge in [-0.3, -0.25) is 4.99 Å². The highest BCUT2D eigenvalue weighted by Crippen LogP contribution is 2.49. The van der Waals surface area contributed by atoms with Gasteiger partial charge in [0.05, 0.1) is 23.4 Å². The Morgan fingerprint density at radius 3 is 2.78 bits per heavy atom. The molecule has 5 heteroatoms. The number of halogens is 1. The van der Waals surface area contributed by atoms with Crippen LogP contribution in [0.15, 0.2) is 77.8 Å². The Morgan fingerprint density at radius 1 is 1.16 bits per heavy atom. The van der Waals surface area contributed by atoms with Gasteiger partial charge in [0.2, 0.25) is 0 Å². The number of phenols is 1. The first-order valence-electron chi connectivity index (χ1n) is 11.0. The first kappa shape index (κ1) is 20.7. The molecule has 0 bridgehead atoms. The van der Waals surface area contributed by atoms with Gasteiger partial charge in [0.25, 0.3) is 0 Å². The highest BCUT2D eigenvalue weighted by Gasteiger charge is 2.37. The molecule has 162 valence electrons. The highest BCUT2D eigenvalue weighted by atomic mass is 35.5. The van der Waals surface area contributed by atoms with E-state index in [2.05, 4.69) is 58.9 Å². The third-order valence-corrected chi connectivity index (χ3v) is 6.53. The van der Waals surface area contributed by atoms with Crippen LogP contribution in [0.2, 0.25) is 5.02 Å². The van der Waals surface area contributed by atoms with Gasteiger partial charge in [-0.2, -0.15) is 0 Å². The number of anilines is 1. The van der Waals surface area contributed by atoms with Crippen LogP contribution in [0, 0.1) is 5.92 Å². The molecule has 0 aromatic heterocycles. The standard InChI is InChI=1S/C27H25ClN2O2/c1-2-32-25-15-17(14-23(28)27(25)31)16-29-19-12-10-18(11-13-19)26-22-8-5-7-20(22)21-6-3-4-9-24(21)30-26/h3-7,9-16,20,22,26,30-31H,2,8H2,1H3/t20-,22-,26-/m0/s1. The van der Waals surface area contributed by atoms with E-state index in [0.717, 1.165) is 17.7 Å². The van der Waals surface area contributed by atoms with Crippen LogP contribution in [0.4, 0.5) is 11.4 Å². The number of nitrogens with one attached hydrogen (secondary N) is 1. The molecule has 2 aliphatic rings. The number of fused-ring (bicyclic) bond motifs is 3. The zero-order valence-corrected chi connectivity index (χ0v) is 18.6. The van der Waals surface area contributed by atoms with Crippen molar-refractivity contribution >= 4 is 29.2 Å². The second-order valence-corrected chi connectivity index (χ2v) is 8.60. The van der Waals surface area contributed by atoms with Gasteiger partial charge >= 0.3 is 0 Å². The van der Waals surface area contributed by atoms with Crippen molar-refractivity contribution in [1.29, 1.82) is 0 Å². The topological polar surface area (TPSA) is 53.8 Å². The summed E-state index contributed by atoms with van der Waals surface area (Å²) in [5.41, 5.74) is 5.51. The fraction of sp³-hybridized carbons (Fsp3) is 0.222. The predicted octanol–water partition coefficient (Wildman–Crippen LogP) is 7.02. The smallest absolute Gasteiger partial charge is 0.176 e. The van der Waals surface area contributed by atoms with Gasteiger partial charge in [0.15, 0.2) is 11.5 Å². The number of para-hydroxylation sites is 1. The Balaban J connectivity index is 1.36. The van der Waals surface area contributed by atoms with Crippen molar-refractivity contribution < 1.29 is 9.84 Å². The SMILES string of the molecule is CCOc1cc(C=Nc2ccc([C@@H]3Nc4ccccc4[C@@H]4C=CC[C@@H]43)cc2)cc(Cl)c1O.